The average molecular weight is 280 g/mol. The number of amides is 1. The number of carbonyl (C=O) groups is 2. The first kappa shape index (κ1) is 16.3. The summed E-state index contributed by atoms with van der Waals surface area (Å²) in [5.41, 5.74) is 0.590. The molecule has 0 aliphatic heterocycles. The van der Waals surface area contributed by atoms with Crippen molar-refractivity contribution in [1.82, 2.24) is 9.47 Å². The monoisotopic (exact) mass is 280 g/mol. The lowest BCUT2D eigenvalue weighted by molar-refractivity contribution is 0.0534. The van der Waals surface area contributed by atoms with E-state index in [1.807, 2.05) is 34.6 Å². The minimum Gasteiger partial charge on any atom is -0.443 e. The second-order valence-corrected chi connectivity index (χ2v) is 5.64. The number of carbonyl (C=O) groups excluding carboxylic acids is 2. The van der Waals surface area contributed by atoms with Crippen molar-refractivity contribution in [2.45, 2.75) is 47.1 Å². The van der Waals surface area contributed by atoms with Crippen molar-refractivity contribution in [3.8, 4) is 0 Å². The van der Waals surface area contributed by atoms with Crippen molar-refractivity contribution in [1.29, 1.82) is 0 Å². The van der Waals surface area contributed by atoms with Gasteiger partial charge in [-0.3, -0.25) is 9.36 Å². The highest BCUT2D eigenvalue weighted by Crippen LogP contribution is 2.16. The van der Waals surface area contributed by atoms with Crippen LogP contribution in [-0.4, -0.2) is 40.2 Å². The van der Waals surface area contributed by atoms with E-state index in [-0.39, 0.29) is 5.91 Å². The number of rotatable bonds is 3. The molecule has 0 radical (unpaired) electrons. The highest BCUT2D eigenvalue weighted by molar-refractivity contribution is 5.96. The maximum atomic E-state index is 12.3. The minimum atomic E-state index is -0.559. The Balaban J connectivity index is 3.01. The summed E-state index contributed by atoms with van der Waals surface area (Å²) in [4.78, 5) is 26.1. The number of hydrogen-bond acceptors (Lipinski definition) is 3. The number of ether oxygens (including phenoxy) is 1. The van der Waals surface area contributed by atoms with E-state index in [4.69, 9.17) is 4.74 Å². The number of hydrogen-bond donors (Lipinski definition) is 0. The van der Waals surface area contributed by atoms with Gasteiger partial charge in [0.25, 0.3) is 5.91 Å². The Bertz CT molecular complexity index is 494. The van der Waals surface area contributed by atoms with E-state index in [2.05, 4.69) is 0 Å². The predicted octanol–water partition coefficient (Wildman–Crippen LogP) is 3.06. The van der Waals surface area contributed by atoms with Crippen LogP contribution in [0.2, 0.25) is 0 Å². The Kier molecular flexibility index (Phi) is 4.98. The summed E-state index contributed by atoms with van der Waals surface area (Å²) in [6.45, 7) is 12.3. The first-order valence-corrected chi connectivity index (χ1v) is 6.91. The SMILES string of the molecule is CCN(CC)C(=O)c1ccn(C(=O)OC(C)(C)C)c1C. The van der Waals surface area contributed by atoms with Crippen molar-refractivity contribution >= 4 is 12.0 Å². The van der Waals surface area contributed by atoms with Crippen LogP contribution in [-0.2, 0) is 4.74 Å². The van der Waals surface area contributed by atoms with Gasteiger partial charge < -0.3 is 9.64 Å². The van der Waals surface area contributed by atoms with Crippen LogP contribution in [0.3, 0.4) is 0 Å². The topological polar surface area (TPSA) is 51.5 Å². The zero-order valence-corrected chi connectivity index (χ0v) is 13.2. The second-order valence-electron chi connectivity index (χ2n) is 5.64. The Morgan fingerprint density at radius 1 is 1.25 bits per heavy atom. The smallest absolute Gasteiger partial charge is 0.418 e. The van der Waals surface area contributed by atoms with Gasteiger partial charge in [-0.15, -0.1) is 0 Å². The molecular formula is C15H24N2O3. The lowest BCUT2D eigenvalue weighted by atomic mass is 10.2. The fourth-order valence-corrected chi connectivity index (χ4v) is 1.93. The molecule has 0 aliphatic rings. The second kappa shape index (κ2) is 6.11. The Morgan fingerprint density at radius 2 is 1.80 bits per heavy atom. The highest BCUT2D eigenvalue weighted by Gasteiger charge is 2.23. The van der Waals surface area contributed by atoms with Crippen LogP contribution < -0.4 is 0 Å². The van der Waals surface area contributed by atoms with Gasteiger partial charge >= 0.3 is 6.09 Å². The molecule has 112 valence electrons. The molecule has 0 bridgehead atoms. The molecule has 0 fully saturated rings. The molecule has 1 aromatic heterocycles. The summed E-state index contributed by atoms with van der Waals surface area (Å²) in [6.07, 6.45) is 1.12. The molecule has 0 aromatic carbocycles. The molecule has 1 heterocycles. The zero-order valence-electron chi connectivity index (χ0n) is 13.2. The molecule has 0 saturated heterocycles. The van der Waals surface area contributed by atoms with Gasteiger partial charge in [0.2, 0.25) is 0 Å². The molecule has 0 unspecified atom stereocenters. The third-order valence-electron chi connectivity index (χ3n) is 3.01. The van der Waals surface area contributed by atoms with Crippen LogP contribution in [0.15, 0.2) is 12.3 Å². The summed E-state index contributed by atoms with van der Waals surface area (Å²) < 4.78 is 6.69. The molecule has 1 rings (SSSR count). The van der Waals surface area contributed by atoms with Gasteiger partial charge in [-0.05, 0) is 47.6 Å². The van der Waals surface area contributed by atoms with E-state index in [9.17, 15) is 9.59 Å². The molecule has 20 heavy (non-hydrogen) atoms. The van der Waals surface area contributed by atoms with E-state index in [0.717, 1.165) is 0 Å². The predicted molar refractivity (Wildman–Crippen MR) is 78.1 cm³/mol. The van der Waals surface area contributed by atoms with E-state index in [1.165, 1.54) is 4.57 Å². The molecule has 0 spiro atoms. The molecular weight excluding hydrogens is 256 g/mol. The summed E-state index contributed by atoms with van der Waals surface area (Å²) in [5.74, 6) is -0.0604. The van der Waals surface area contributed by atoms with Gasteiger partial charge in [0.15, 0.2) is 0 Å². The first-order valence-electron chi connectivity index (χ1n) is 6.91. The van der Waals surface area contributed by atoms with Gasteiger partial charge in [-0.25, -0.2) is 4.79 Å². The summed E-state index contributed by atoms with van der Waals surface area (Å²) in [7, 11) is 0. The first-order chi connectivity index (χ1) is 9.21. The van der Waals surface area contributed by atoms with Gasteiger partial charge in [-0.2, -0.15) is 0 Å². The minimum absolute atomic E-state index is 0.0604. The van der Waals surface area contributed by atoms with Crippen LogP contribution >= 0.6 is 0 Å². The normalized spacial score (nSPS) is 11.3. The average Bonchev–Trinajstić information content (AvgIpc) is 2.70. The quantitative estimate of drug-likeness (QED) is 0.855. The van der Waals surface area contributed by atoms with Gasteiger partial charge in [0.1, 0.15) is 5.60 Å². The van der Waals surface area contributed by atoms with E-state index < -0.39 is 11.7 Å². The number of nitrogens with zero attached hydrogens (tertiary/aromatic N) is 2. The summed E-state index contributed by atoms with van der Waals surface area (Å²) in [5, 5.41) is 0. The molecule has 1 aromatic rings. The van der Waals surface area contributed by atoms with Crippen molar-refractivity contribution in [2.75, 3.05) is 13.1 Å². The molecule has 5 nitrogen and oxygen atoms in total. The fraction of sp³-hybridized carbons (Fsp3) is 0.600. The molecule has 0 aliphatic carbocycles. The van der Waals surface area contributed by atoms with Crippen molar-refractivity contribution in [2.24, 2.45) is 0 Å². The third kappa shape index (κ3) is 3.62. The molecule has 0 saturated carbocycles. The maximum absolute atomic E-state index is 12.3. The summed E-state index contributed by atoms with van der Waals surface area (Å²) in [6, 6.07) is 1.67. The van der Waals surface area contributed by atoms with Gasteiger partial charge in [-0.1, -0.05) is 0 Å². The number of aromatic nitrogens is 1. The van der Waals surface area contributed by atoms with Crippen molar-refractivity contribution < 1.29 is 14.3 Å². The van der Waals surface area contributed by atoms with Crippen LogP contribution in [0, 0.1) is 6.92 Å². The Morgan fingerprint density at radius 3 is 2.25 bits per heavy atom. The summed E-state index contributed by atoms with van der Waals surface area (Å²) >= 11 is 0. The van der Waals surface area contributed by atoms with Crippen LogP contribution in [0.25, 0.3) is 0 Å². The zero-order chi connectivity index (χ0) is 15.5. The molecule has 5 heteroatoms. The van der Waals surface area contributed by atoms with E-state index in [0.29, 0.717) is 24.3 Å². The van der Waals surface area contributed by atoms with Crippen LogP contribution in [0.1, 0.15) is 50.7 Å². The fourth-order valence-electron chi connectivity index (χ4n) is 1.93. The van der Waals surface area contributed by atoms with Crippen molar-refractivity contribution in [3.63, 3.8) is 0 Å². The van der Waals surface area contributed by atoms with Gasteiger partial charge in [0, 0.05) is 25.0 Å². The van der Waals surface area contributed by atoms with E-state index in [1.54, 1.807) is 24.1 Å². The Labute approximate surface area is 120 Å². The lowest BCUT2D eigenvalue weighted by Gasteiger charge is -2.21. The van der Waals surface area contributed by atoms with Crippen LogP contribution in [0.5, 0.6) is 0 Å². The van der Waals surface area contributed by atoms with Crippen molar-refractivity contribution in [3.05, 3.63) is 23.5 Å². The lowest BCUT2D eigenvalue weighted by Crippen LogP contribution is -2.31. The standard InChI is InChI=1S/C15H24N2O3/c1-7-16(8-2)13(18)12-9-10-17(11(12)3)14(19)20-15(4,5)6/h9-10H,7-8H2,1-6H3. The third-order valence-corrected chi connectivity index (χ3v) is 3.01. The largest absolute Gasteiger partial charge is 0.443 e. The van der Waals surface area contributed by atoms with Gasteiger partial charge in [0.05, 0.1) is 5.56 Å². The van der Waals surface area contributed by atoms with Crippen LogP contribution in [0.4, 0.5) is 4.79 Å². The Hall–Kier alpha value is -1.78. The molecule has 0 atom stereocenters. The molecule has 1 amide bonds. The molecule has 0 N–H and O–H groups in total. The van der Waals surface area contributed by atoms with E-state index >= 15 is 0 Å². The maximum Gasteiger partial charge on any atom is 0.418 e. The highest BCUT2D eigenvalue weighted by atomic mass is 16.6.